The lowest BCUT2D eigenvalue weighted by atomic mass is 10.2. The van der Waals surface area contributed by atoms with Crippen molar-refractivity contribution in [3.8, 4) is 5.75 Å². The second-order valence-electron chi connectivity index (χ2n) is 4.89. The topological polar surface area (TPSA) is 78.6 Å². The van der Waals surface area contributed by atoms with Crippen LogP contribution in [0.15, 0.2) is 30.3 Å². The van der Waals surface area contributed by atoms with Crippen molar-refractivity contribution in [1.82, 2.24) is 0 Å². The number of halogens is 5. The van der Waals surface area contributed by atoms with Crippen molar-refractivity contribution in [3.63, 3.8) is 0 Å². The maximum absolute atomic E-state index is 12.1. The highest BCUT2D eigenvalue weighted by atomic mass is 35.5. The van der Waals surface area contributed by atoms with Gasteiger partial charge in [0.25, 0.3) is 0 Å². The predicted octanol–water partition coefficient (Wildman–Crippen LogP) is 4.93. The number of benzene rings is 2. The molecule has 0 amide bonds. The standard InChI is InChI=1S/C16H10Cl5NO4/c17-8-9(18)11(20)14(12(21)10(8)19)26-16(24)13(22)15(23)25-6-7-4-2-1-3-5-7/h1-5,13H,6,22H2. The van der Waals surface area contributed by atoms with E-state index in [0.717, 1.165) is 5.56 Å². The van der Waals surface area contributed by atoms with Crippen LogP contribution in [0.25, 0.3) is 0 Å². The van der Waals surface area contributed by atoms with Gasteiger partial charge in [-0.1, -0.05) is 88.3 Å². The minimum atomic E-state index is -1.72. The van der Waals surface area contributed by atoms with E-state index in [0.29, 0.717) is 0 Å². The van der Waals surface area contributed by atoms with Gasteiger partial charge in [-0.2, -0.15) is 0 Å². The van der Waals surface area contributed by atoms with E-state index < -0.39 is 18.0 Å². The smallest absolute Gasteiger partial charge is 0.340 e. The van der Waals surface area contributed by atoms with Crippen molar-refractivity contribution >= 4 is 69.9 Å². The summed E-state index contributed by atoms with van der Waals surface area (Å²) >= 11 is 29.5. The Morgan fingerprint density at radius 1 is 0.846 bits per heavy atom. The first-order valence-corrected chi connectivity index (χ1v) is 8.82. The molecule has 5 nitrogen and oxygen atoms in total. The van der Waals surface area contributed by atoms with Crippen molar-refractivity contribution in [2.24, 2.45) is 5.73 Å². The van der Waals surface area contributed by atoms with Crippen LogP contribution in [0.5, 0.6) is 5.75 Å². The summed E-state index contributed by atoms with van der Waals surface area (Å²) in [5.74, 6) is -2.50. The summed E-state index contributed by atoms with van der Waals surface area (Å²) in [4.78, 5) is 24.0. The second-order valence-corrected chi connectivity index (χ2v) is 6.78. The zero-order valence-electron chi connectivity index (χ0n) is 12.8. The van der Waals surface area contributed by atoms with Crippen LogP contribution in [-0.2, 0) is 20.9 Å². The van der Waals surface area contributed by atoms with E-state index in [4.69, 9.17) is 73.2 Å². The highest BCUT2D eigenvalue weighted by molar-refractivity contribution is 6.55. The SMILES string of the molecule is NC(C(=O)OCc1ccccc1)C(=O)Oc1c(Cl)c(Cl)c(Cl)c(Cl)c1Cl. The number of esters is 2. The molecule has 0 aliphatic heterocycles. The molecule has 1 atom stereocenters. The fourth-order valence-electron chi connectivity index (χ4n) is 1.75. The first-order chi connectivity index (χ1) is 12.2. The van der Waals surface area contributed by atoms with Gasteiger partial charge in [0.15, 0.2) is 5.75 Å². The van der Waals surface area contributed by atoms with Gasteiger partial charge >= 0.3 is 11.9 Å². The average molecular weight is 458 g/mol. The molecule has 0 radical (unpaired) electrons. The number of carbonyl (C=O) groups excluding carboxylic acids is 2. The quantitative estimate of drug-likeness (QED) is 0.226. The molecule has 0 aliphatic carbocycles. The molecule has 26 heavy (non-hydrogen) atoms. The van der Waals surface area contributed by atoms with Crippen molar-refractivity contribution in [1.29, 1.82) is 0 Å². The summed E-state index contributed by atoms with van der Waals surface area (Å²) < 4.78 is 9.94. The number of hydrogen-bond donors (Lipinski definition) is 1. The molecule has 0 saturated carbocycles. The van der Waals surface area contributed by atoms with Crippen molar-refractivity contribution in [2.45, 2.75) is 12.6 Å². The van der Waals surface area contributed by atoms with Crippen LogP contribution in [0, 0.1) is 0 Å². The van der Waals surface area contributed by atoms with E-state index in [-0.39, 0.29) is 37.5 Å². The van der Waals surface area contributed by atoms with Gasteiger partial charge in [-0.3, -0.25) is 0 Å². The van der Waals surface area contributed by atoms with Crippen LogP contribution in [0.2, 0.25) is 25.1 Å². The minimum Gasteiger partial charge on any atom is -0.459 e. The molecule has 2 rings (SSSR count). The Morgan fingerprint density at radius 2 is 1.35 bits per heavy atom. The van der Waals surface area contributed by atoms with Gasteiger partial charge in [0.1, 0.15) is 16.7 Å². The van der Waals surface area contributed by atoms with Gasteiger partial charge < -0.3 is 15.2 Å². The molecular weight excluding hydrogens is 447 g/mol. The molecule has 0 fully saturated rings. The summed E-state index contributed by atoms with van der Waals surface area (Å²) in [5.41, 5.74) is 6.28. The fraction of sp³-hybridized carbons (Fsp3) is 0.125. The highest BCUT2D eigenvalue weighted by Crippen LogP contribution is 2.48. The van der Waals surface area contributed by atoms with E-state index in [1.54, 1.807) is 24.3 Å². The molecule has 0 heterocycles. The van der Waals surface area contributed by atoms with E-state index in [1.807, 2.05) is 6.07 Å². The minimum absolute atomic E-state index is 0.0548. The summed E-state index contributed by atoms with van der Waals surface area (Å²) in [7, 11) is 0. The Hall–Kier alpha value is -1.21. The Kier molecular flexibility index (Phi) is 7.41. The molecule has 1 unspecified atom stereocenters. The summed E-state index contributed by atoms with van der Waals surface area (Å²) in [6.45, 7) is -0.0548. The Balaban J connectivity index is 2.08. The fourth-order valence-corrected chi connectivity index (χ4v) is 2.95. The summed E-state index contributed by atoms with van der Waals surface area (Å²) in [5, 5.41) is -0.917. The molecule has 0 bridgehead atoms. The molecule has 2 aromatic rings. The molecule has 2 N–H and O–H groups in total. The van der Waals surface area contributed by atoms with E-state index >= 15 is 0 Å². The maximum atomic E-state index is 12.1. The van der Waals surface area contributed by atoms with Gasteiger partial charge in [-0.15, -0.1) is 0 Å². The van der Waals surface area contributed by atoms with Crippen molar-refractivity contribution in [2.75, 3.05) is 0 Å². The van der Waals surface area contributed by atoms with Crippen LogP contribution in [0.1, 0.15) is 5.56 Å². The van der Waals surface area contributed by atoms with Crippen LogP contribution >= 0.6 is 58.0 Å². The van der Waals surface area contributed by atoms with Gasteiger partial charge in [-0.05, 0) is 5.56 Å². The maximum Gasteiger partial charge on any atom is 0.340 e. The number of carbonyl (C=O) groups is 2. The highest BCUT2D eigenvalue weighted by Gasteiger charge is 2.29. The predicted molar refractivity (Wildman–Crippen MR) is 101 cm³/mol. The summed E-state index contributed by atoms with van der Waals surface area (Å²) in [6, 6.07) is 7.12. The zero-order chi connectivity index (χ0) is 19.4. The third-order valence-corrected chi connectivity index (χ3v) is 5.35. The molecule has 0 aromatic heterocycles. The van der Waals surface area contributed by atoms with Gasteiger partial charge in [-0.25, -0.2) is 9.59 Å². The Labute approximate surface area is 173 Å². The second kappa shape index (κ2) is 9.13. The number of hydrogen-bond acceptors (Lipinski definition) is 5. The van der Waals surface area contributed by atoms with Crippen LogP contribution in [-0.4, -0.2) is 18.0 Å². The number of rotatable bonds is 5. The first kappa shape index (κ1) is 21.1. The molecule has 10 heteroatoms. The largest absolute Gasteiger partial charge is 0.459 e. The third kappa shape index (κ3) is 4.74. The van der Waals surface area contributed by atoms with Gasteiger partial charge in [0.2, 0.25) is 6.04 Å². The normalized spacial score (nSPS) is 11.8. The molecule has 0 saturated heterocycles. The molecule has 0 aliphatic rings. The van der Waals surface area contributed by atoms with Crippen LogP contribution in [0.4, 0.5) is 0 Å². The lowest BCUT2D eigenvalue weighted by Gasteiger charge is -2.15. The molecule has 138 valence electrons. The van der Waals surface area contributed by atoms with E-state index in [1.165, 1.54) is 0 Å². The number of nitrogens with two attached hydrogens (primary N) is 1. The Morgan fingerprint density at radius 3 is 1.88 bits per heavy atom. The van der Waals surface area contributed by atoms with Gasteiger partial charge in [0.05, 0.1) is 15.1 Å². The van der Waals surface area contributed by atoms with Crippen LogP contribution in [0.3, 0.4) is 0 Å². The monoisotopic (exact) mass is 455 g/mol. The molecule has 2 aromatic carbocycles. The zero-order valence-corrected chi connectivity index (χ0v) is 16.6. The molecular formula is C16H10Cl5NO4. The lowest BCUT2D eigenvalue weighted by molar-refractivity contribution is -0.153. The van der Waals surface area contributed by atoms with Crippen LogP contribution < -0.4 is 10.5 Å². The summed E-state index contributed by atoms with van der Waals surface area (Å²) in [6.07, 6.45) is 0. The molecule has 0 spiro atoms. The van der Waals surface area contributed by atoms with Crippen molar-refractivity contribution in [3.05, 3.63) is 61.0 Å². The first-order valence-electron chi connectivity index (χ1n) is 6.93. The number of ether oxygens (including phenoxy) is 2. The van der Waals surface area contributed by atoms with Crippen molar-refractivity contribution < 1.29 is 19.1 Å². The average Bonchev–Trinajstić information content (AvgIpc) is 2.66. The third-order valence-electron chi connectivity index (χ3n) is 3.10. The van der Waals surface area contributed by atoms with E-state index in [9.17, 15) is 9.59 Å². The van der Waals surface area contributed by atoms with Gasteiger partial charge in [0, 0.05) is 0 Å². The lowest BCUT2D eigenvalue weighted by Crippen LogP contribution is -2.42. The Bertz CT molecular complexity index is 815. The van der Waals surface area contributed by atoms with E-state index in [2.05, 4.69) is 0 Å².